The van der Waals surface area contributed by atoms with E-state index in [2.05, 4.69) is 10.6 Å². The lowest BCUT2D eigenvalue weighted by atomic mass is 9.99. The Morgan fingerprint density at radius 2 is 0.750 bits per heavy atom. The van der Waals surface area contributed by atoms with E-state index in [0.717, 1.165) is 45.1 Å². The predicted octanol–water partition coefficient (Wildman–Crippen LogP) is 9.39. The lowest BCUT2D eigenvalue weighted by Crippen LogP contribution is -2.13. The van der Waals surface area contributed by atoms with Gasteiger partial charge in [-0.3, -0.25) is 9.59 Å². The van der Waals surface area contributed by atoms with Crippen LogP contribution in [0.25, 0.3) is 11.1 Å². The fourth-order valence-corrected chi connectivity index (χ4v) is 5.43. The van der Waals surface area contributed by atoms with Gasteiger partial charge in [0.1, 0.15) is 49.4 Å². The molecule has 0 saturated carbocycles. The van der Waals surface area contributed by atoms with Crippen molar-refractivity contribution in [1.29, 1.82) is 0 Å². The fourth-order valence-electron chi connectivity index (χ4n) is 5.43. The second-order valence-electron chi connectivity index (χ2n) is 12.0. The number of aryl methyl sites for hydroxylation is 2. The summed E-state index contributed by atoms with van der Waals surface area (Å²) in [4.78, 5) is 26.0. The molecule has 2 N–H and O–H groups in total. The first-order valence-corrected chi connectivity index (χ1v) is 17.1. The van der Waals surface area contributed by atoms with E-state index < -0.39 is 0 Å². The first-order chi connectivity index (χ1) is 25.4. The molecule has 0 spiro atoms. The van der Waals surface area contributed by atoms with Gasteiger partial charge in [-0.25, -0.2) is 0 Å². The second-order valence-corrected chi connectivity index (χ2v) is 12.0. The third kappa shape index (κ3) is 9.79. The molecule has 0 aliphatic rings. The van der Waals surface area contributed by atoms with Crippen molar-refractivity contribution in [1.82, 2.24) is 0 Å². The number of para-hydroxylation sites is 2. The molecular formula is C44H40N2O6. The van der Waals surface area contributed by atoms with Crippen LogP contribution in [0.5, 0.6) is 23.0 Å². The molecule has 8 nitrogen and oxygen atoms in total. The maximum absolute atomic E-state index is 13.0. The smallest absolute Gasteiger partial charge is 0.255 e. The molecule has 0 unspecified atom stereocenters. The number of nitrogens with one attached hydrogen (secondary N) is 2. The van der Waals surface area contributed by atoms with E-state index in [0.29, 0.717) is 49.1 Å². The minimum atomic E-state index is -0.207. The lowest BCUT2D eigenvalue weighted by molar-refractivity contribution is 0.101. The molecule has 0 aliphatic heterocycles. The van der Waals surface area contributed by atoms with Crippen LogP contribution in [0.4, 0.5) is 11.4 Å². The molecule has 0 radical (unpaired) electrons. The summed E-state index contributed by atoms with van der Waals surface area (Å²) in [7, 11) is 0. The number of ether oxygens (including phenoxy) is 4. The van der Waals surface area contributed by atoms with Gasteiger partial charge >= 0.3 is 0 Å². The van der Waals surface area contributed by atoms with Gasteiger partial charge < -0.3 is 29.6 Å². The second kappa shape index (κ2) is 17.4. The number of amides is 2. The minimum absolute atomic E-state index is 0.207. The largest absolute Gasteiger partial charge is 0.490 e. The molecule has 6 aromatic rings. The molecule has 8 heteroatoms. The van der Waals surface area contributed by atoms with Crippen LogP contribution in [-0.2, 0) is 0 Å². The zero-order chi connectivity index (χ0) is 36.1. The minimum Gasteiger partial charge on any atom is -0.490 e. The summed E-state index contributed by atoms with van der Waals surface area (Å²) in [5.41, 5.74) is 6.36. The molecule has 0 atom stereocenters. The van der Waals surface area contributed by atoms with Gasteiger partial charge in [-0.2, -0.15) is 0 Å². The average Bonchev–Trinajstić information content (AvgIpc) is 3.18. The Bertz CT molecular complexity index is 1930. The zero-order valence-corrected chi connectivity index (χ0v) is 29.1. The van der Waals surface area contributed by atoms with Crippen molar-refractivity contribution in [2.45, 2.75) is 13.8 Å². The van der Waals surface area contributed by atoms with Gasteiger partial charge in [0, 0.05) is 22.5 Å². The molecule has 0 saturated heterocycles. The van der Waals surface area contributed by atoms with Gasteiger partial charge in [-0.15, -0.1) is 0 Å². The molecule has 0 aliphatic carbocycles. The van der Waals surface area contributed by atoms with Gasteiger partial charge in [-0.1, -0.05) is 48.5 Å². The number of hydrogen-bond acceptors (Lipinski definition) is 6. The van der Waals surface area contributed by atoms with E-state index in [1.807, 2.05) is 111 Å². The molecular weight excluding hydrogens is 652 g/mol. The third-order valence-electron chi connectivity index (χ3n) is 8.24. The average molecular weight is 693 g/mol. The maximum Gasteiger partial charge on any atom is 0.255 e. The number of rotatable bonds is 15. The molecule has 0 bridgehead atoms. The van der Waals surface area contributed by atoms with Crippen molar-refractivity contribution in [3.05, 3.63) is 168 Å². The quantitative estimate of drug-likeness (QED) is 0.104. The first kappa shape index (κ1) is 35.3. The number of carbonyl (C=O) groups is 2. The van der Waals surface area contributed by atoms with E-state index in [1.54, 1.807) is 48.5 Å². The highest BCUT2D eigenvalue weighted by atomic mass is 16.5. The van der Waals surface area contributed by atoms with Crippen molar-refractivity contribution in [3.63, 3.8) is 0 Å². The highest BCUT2D eigenvalue weighted by Crippen LogP contribution is 2.29. The molecule has 0 aromatic heterocycles. The first-order valence-electron chi connectivity index (χ1n) is 17.1. The fraction of sp³-hybridized carbons (Fsp3) is 0.136. The van der Waals surface area contributed by atoms with Gasteiger partial charge in [0.15, 0.2) is 0 Å². The van der Waals surface area contributed by atoms with Gasteiger partial charge in [0.05, 0.1) is 0 Å². The van der Waals surface area contributed by atoms with Crippen molar-refractivity contribution < 1.29 is 28.5 Å². The van der Waals surface area contributed by atoms with Crippen LogP contribution in [0.15, 0.2) is 146 Å². The standard InChI is InChI=1S/C44H40N2O6/c1-31-29-35(17-23-41(31)45-43(47)33-13-19-39(20-14-33)51-27-25-49-37-9-5-3-6-10-37)36-18-24-42(32(2)30-36)46-44(48)34-15-21-40(22-16-34)52-28-26-50-38-11-7-4-8-12-38/h3-24,29-30H,25-28H2,1-2H3,(H,45,47)(H,46,48). The monoisotopic (exact) mass is 692 g/mol. The number of carbonyl (C=O) groups excluding carboxylic acids is 2. The van der Waals surface area contributed by atoms with Crippen molar-refractivity contribution in [2.24, 2.45) is 0 Å². The molecule has 2 amide bonds. The SMILES string of the molecule is Cc1cc(-c2ccc(NC(=O)c3ccc(OCCOc4ccccc4)cc3)c(C)c2)ccc1NC(=O)c1ccc(OCCOc2ccccc2)cc1. The summed E-state index contributed by atoms with van der Waals surface area (Å²) >= 11 is 0. The van der Waals surface area contributed by atoms with Crippen molar-refractivity contribution in [3.8, 4) is 34.1 Å². The van der Waals surface area contributed by atoms with Crippen LogP contribution in [0.3, 0.4) is 0 Å². The number of benzene rings is 6. The Kier molecular flexibility index (Phi) is 11.8. The molecule has 6 aromatic carbocycles. The normalized spacial score (nSPS) is 10.6. The summed E-state index contributed by atoms with van der Waals surface area (Å²) in [5, 5.41) is 6.03. The highest BCUT2D eigenvalue weighted by Gasteiger charge is 2.12. The van der Waals surface area contributed by atoms with Gasteiger partial charge in [0.25, 0.3) is 11.8 Å². The van der Waals surface area contributed by atoms with Crippen LogP contribution < -0.4 is 29.6 Å². The van der Waals surface area contributed by atoms with Gasteiger partial charge in [0.2, 0.25) is 0 Å². The van der Waals surface area contributed by atoms with Crippen LogP contribution in [-0.4, -0.2) is 38.2 Å². The Balaban J connectivity index is 0.976. The van der Waals surface area contributed by atoms with Crippen molar-refractivity contribution in [2.75, 3.05) is 37.1 Å². The summed E-state index contributed by atoms with van der Waals surface area (Å²) in [5.74, 6) is 2.50. The molecule has 6 rings (SSSR count). The third-order valence-corrected chi connectivity index (χ3v) is 8.24. The Hall–Kier alpha value is -6.54. The van der Waals surface area contributed by atoms with Crippen molar-refractivity contribution >= 4 is 23.2 Å². The topological polar surface area (TPSA) is 95.1 Å². The Labute approximate surface area is 304 Å². The van der Waals surface area contributed by atoms with E-state index in [4.69, 9.17) is 18.9 Å². The number of hydrogen-bond donors (Lipinski definition) is 2. The molecule has 0 heterocycles. The number of anilines is 2. The van der Waals surface area contributed by atoms with Crippen LogP contribution in [0.2, 0.25) is 0 Å². The molecule has 262 valence electrons. The van der Waals surface area contributed by atoms with E-state index in [1.165, 1.54) is 0 Å². The lowest BCUT2D eigenvalue weighted by Gasteiger charge is -2.13. The highest BCUT2D eigenvalue weighted by molar-refractivity contribution is 6.05. The summed E-state index contributed by atoms with van der Waals surface area (Å²) in [6.45, 7) is 5.54. The Morgan fingerprint density at radius 3 is 1.08 bits per heavy atom. The maximum atomic E-state index is 13.0. The summed E-state index contributed by atoms with van der Waals surface area (Å²) in [6.07, 6.45) is 0. The summed E-state index contributed by atoms with van der Waals surface area (Å²) in [6, 6.07) is 45.0. The van der Waals surface area contributed by atoms with E-state index in [9.17, 15) is 9.59 Å². The molecule has 0 fully saturated rings. The molecule has 52 heavy (non-hydrogen) atoms. The van der Waals surface area contributed by atoms with E-state index in [-0.39, 0.29) is 11.8 Å². The van der Waals surface area contributed by atoms with Crippen LogP contribution in [0, 0.1) is 13.8 Å². The van der Waals surface area contributed by atoms with Crippen LogP contribution >= 0.6 is 0 Å². The van der Waals surface area contributed by atoms with Crippen LogP contribution in [0.1, 0.15) is 31.8 Å². The van der Waals surface area contributed by atoms with E-state index >= 15 is 0 Å². The zero-order valence-electron chi connectivity index (χ0n) is 29.1. The summed E-state index contributed by atoms with van der Waals surface area (Å²) < 4.78 is 22.8. The van der Waals surface area contributed by atoms with Gasteiger partial charge in [-0.05, 0) is 133 Å². The Morgan fingerprint density at radius 1 is 0.423 bits per heavy atom. The predicted molar refractivity (Wildman–Crippen MR) is 205 cm³/mol.